The van der Waals surface area contributed by atoms with Crippen molar-refractivity contribution >= 4 is 10.1 Å². The molecule has 6 heteroatoms. The van der Waals surface area contributed by atoms with Crippen molar-refractivity contribution in [3.05, 3.63) is 29.8 Å². The number of rotatable bonds is 2. The molecule has 0 fully saturated rings. The van der Waals surface area contributed by atoms with E-state index in [0.29, 0.717) is 6.26 Å². The van der Waals surface area contributed by atoms with Gasteiger partial charge >= 0.3 is 10.1 Å². The third-order valence-electron chi connectivity index (χ3n) is 1.15. The minimum Gasteiger partial charge on any atom is -0.376 e. The largest absolute Gasteiger partial charge is 0.376 e. The standard InChI is InChI=1S/C7H6F2O3S/c1-13(10,11)12-7-5(8)3-2-4-6(7)9/h2-4H,1H3. The van der Waals surface area contributed by atoms with Crippen LogP contribution in [0.15, 0.2) is 18.2 Å². The van der Waals surface area contributed by atoms with Gasteiger partial charge in [0.25, 0.3) is 0 Å². The van der Waals surface area contributed by atoms with Crippen LogP contribution in [0.4, 0.5) is 8.78 Å². The van der Waals surface area contributed by atoms with Gasteiger partial charge in [0.2, 0.25) is 5.75 Å². The first-order valence-electron chi connectivity index (χ1n) is 3.23. The van der Waals surface area contributed by atoms with E-state index in [-0.39, 0.29) is 0 Å². The number of para-hydroxylation sites is 1. The monoisotopic (exact) mass is 208 g/mol. The van der Waals surface area contributed by atoms with Crippen LogP contribution in [-0.2, 0) is 10.1 Å². The summed E-state index contributed by atoms with van der Waals surface area (Å²) in [5, 5.41) is 0. The number of halogens is 2. The van der Waals surface area contributed by atoms with E-state index in [9.17, 15) is 17.2 Å². The Kier molecular flexibility index (Phi) is 2.51. The van der Waals surface area contributed by atoms with Crippen LogP contribution < -0.4 is 4.18 Å². The summed E-state index contributed by atoms with van der Waals surface area (Å²) in [6.45, 7) is 0. The van der Waals surface area contributed by atoms with Crippen LogP contribution in [0.2, 0.25) is 0 Å². The quantitative estimate of drug-likeness (QED) is 0.688. The normalized spacial score (nSPS) is 11.3. The molecule has 0 atom stereocenters. The van der Waals surface area contributed by atoms with Gasteiger partial charge in [0.15, 0.2) is 11.6 Å². The number of hydrogen-bond donors (Lipinski definition) is 0. The lowest BCUT2D eigenvalue weighted by Gasteiger charge is -2.03. The third-order valence-corrected chi connectivity index (χ3v) is 1.62. The highest BCUT2D eigenvalue weighted by molar-refractivity contribution is 7.86. The molecular weight excluding hydrogens is 202 g/mol. The van der Waals surface area contributed by atoms with E-state index in [4.69, 9.17) is 0 Å². The van der Waals surface area contributed by atoms with Crippen LogP contribution >= 0.6 is 0 Å². The van der Waals surface area contributed by atoms with Gasteiger partial charge in [0.1, 0.15) is 0 Å². The maximum atomic E-state index is 12.8. The molecule has 0 radical (unpaired) electrons. The van der Waals surface area contributed by atoms with Crippen LogP contribution in [0.1, 0.15) is 0 Å². The molecule has 0 bridgehead atoms. The van der Waals surface area contributed by atoms with E-state index in [1.165, 1.54) is 0 Å². The van der Waals surface area contributed by atoms with E-state index < -0.39 is 27.5 Å². The van der Waals surface area contributed by atoms with Gasteiger partial charge in [-0.1, -0.05) is 6.07 Å². The molecule has 0 saturated heterocycles. The summed E-state index contributed by atoms with van der Waals surface area (Å²) in [5.74, 6) is -3.00. The summed E-state index contributed by atoms with van der Waals surface area (Å²) >= 11 is 0. The molecular formula is C7H6F2O3S. The molecule has 0 aliphatic rings. The van der Waals surface area contributed by atoms with Gasteiger partial charge in [-0.3, -0.25) is 0 Å². The fraction of sp³-hybridized carbons (Fsp3) is 0.143. The van der Waals surface area contributed by atoms with Crippen molar-refractivity contribution in [3.8, 4) is 5.75 Å². The Morgan fingerprint density at radius 1 is 1.23 bits per heavy atom. The van der Waals surface area contributed by atoms with Crippen LogP contribution in [0.25, 0.3) is 0 Å². The number of benzene rings is 1. The van der Waals surface area contributed by atoms with Crippen molar-refractivity contribution in [1.82, 2.24) is 0 Å². The predicted molar refractivity (Wildman–Crippen MR) is 41.8 cm³/mol. The molecule has 0 N–H and O–H groups in total. The molecule has 0 aliphatic heterocycles. The third kappa shape index (κ3) is 2.66. The van der Waals surface area contributed by atoms with Crippen molar-refractivity contribution in [2.24, 2.45) is 0 Å². The minimum absolute atomic E-state index is 0.707. The van der Waals surface area contributed by atoms with Gasteiger partial charge in [-0.2, -0.15) is 8.42 Å². The molecule has 1 aromatic rings. The smallest absolute Gasteiger partial charge is 0.306 e. The highest BCUT2D eigenvalue weighted by Gasteiger charge is 2.14. The van der Waals surface area contributed by atoms with E-state index >= 15 is 0 Å². The molecule has 0 aliphatic carbocycles. The van der Waals surface area contributed by atoms with Crippen LogP contribution in [0, 0.1) is 11.6 Å². The zero-order chi connectivity index (χ0) is 10.1. The second-order valence-corrected chi connectivity index (χ2v) is 3.91. The lowest BCUT2D eigenvalue weighted by atomic mass is 10.3. The van der Waals surface area contributed by atoms with Crippen LogP contribution in [-0.4, -0.2) is 14.7 Å². The Balaban J connectivity index is 3.15. The molecule has 0 unspecified atom stereocenters. The van der Waals surface area contributed by atoms with E-state index in [1.807, 2.05) is 0 Å². The summed E-state index contributed by atoms with van der Waals surface area (Å²) in [5.41, 5.74) is 0. The summed E-state index contributed by atoms with van der Waals surface area (Å²) in [6, 6.07) is 2.92. The zero-order valence-corrected chi connectivity index (χ0v) is 7.44. The molecule has 0 amide bonds. The molecule has 72 valence electrons. The Morgan fingerprint density at radius 3 is 2.08 bits per heavy atom. The fourth-order valence-corrected chi connectivity index (χ4v) is 1.18. The molecule has 0 heterocycles. The molecule has 13 heavy (non-hydrogen) atoms. The fourth-order valence-electron chi connectivity index (χ4n) is 0.714. The van der Waals surface area contributed by atoms with Gasteiger partial charge < -0.3 is 4.18 Å². The SMILES string of the molecule is CS(=O)(=O)Oc1c(F)cccc1F. The number of hydrogen-bond acceptors (Lipinski definition) is 3. The maximum Gasteiger partial charge on any atom is 0.306 e. The molecule has 0 aromatic heterocycles. The van der Waals surface area contributed by atoms with E-state index in [2.05, 4.69) is 4.18 Å². The average molecular weight is 208 g/mol. The summed E-state index contributed by atoms with van der Waals surface area (Å²) in [4.78, 5) is 0. The summed E-state index contributed by atoms with van der Waals surface area (Å²) < 4.78 is 50.7. The van der Waals surface area contributed by atoms with Crippen LogP contribution in [0.3, 0.4) is 0 Å². The van der Waals surface area contributed by atoms with Crippen molar-refractivity contribution < 1.29 is 21.4 Å². The second-order valence-electron chi connectivity index (χ2n) is 2.34. The zero-order valence-electron chi connectivity index (χ0n) is 6.62. The average Bonchev–Trinajstić information content (AvgIpc) is 1.95. The van der Waals surface area contributed by atoms with Gasteiger partial charge in [-0.05, 0) is 12.1 Å². The maximum absolute atomic E-state index is 12.8. The Hall–Kier alpha value is -1.17. The first-order chi connectivity index (χ1) is 5.90. The van der Waals surface area contributed by atoms with E-state index in [0.717, 1.165) is 18.2 Å². The van der Waals surface area contributed by atoms with E-state index in [1.54, 1.807) is 0 Å². The van der Waals surface area contributed by atoms with Gasteiger partial charge in [-0.15, -0.1) is 0 Å². The summed E-state index contributed by atoms with van der Waals surface area (Å²) in [6.07, 6.45) is 0.707. The molecule has 0 spiro atoms. The second kappa shape index (κ2) is 3.29. The van der Waals surface area contributed by atoms with Gasteiger partial charge in [0, 0.05) is 0 Å². The molecule has 0 saturated carbocycles. The topological polar surface area (TPSA) is 43.4 Å². The van der Waals surface area contributed by atoms with Crippen LogP contribution in [0.5, 0.6) is 5.75 Å². The first kappa shape index (κ1) is 9.91. The lowest BCUT2D eigenvalue weighted by molar-refractivity contribution is 0.438. The Bertz CT molecular complexity index is 393. The van der Waals surface area contributed by atoms with Crippen molar-refractivity contribution in [2.45, 2.75) is 0 Å². The van der Waals surface area contributed by atoms with Crippen molar-refractivity contribution in [1.29, 1.82) is 0 Å². The van der Waals surface area contributed by atoms with Gasteiger partial charge in [0.05, 0.1) is 6.26 Å². The highest BCUT2D eigenvalue weighted by Crippen LogP contribution is 2.21. The molecule has 1 rings (SSSR count). The minimum atomic E-state index is -3.90. The molecule has 1 aromatic carbocycles. The first-order valence-corrected chi connectivity index (χ1v) is 5.05. The lowest BCUT2D eigenvalue weighted by Crippen LogP contribution is -2.08. The van der Waals surface area contributed by atoms with Crippen molar-refractivity contribution in [2.75, 3.05) is 6.26 Å². The predicted octanol–water partition coefficient (Wildman–Crippen LogP) is 1.30. The molecule has 3 nitrogen and oxygen atoms in total. The summed E-state index contributed by atoms with van der Waals surface area (Å²) in [7, 11) is -3.90. The Morgan fingerprint density at radius 2 is 1.69 bits per heavy atom. The highest BCUT2D eigenvalue weighted by atomic mass is 32.2. The van der Waals surface area contributed by atoms with Crippen molar-refractivity contribution in [3.63, 3.8) is 0 Å². The Labute approximate surface area is 74.1 Å². The van der Waals surface area contributed by atoms with Gasteiger partial charge in [-0.25, -0.2) is 8.78 Å².